The maximum Gasteiger partial charge on any atom is 0.408 e. The monoisotopic (exact) mass is 365 g/mol. The number of thioether (sulfide) groups is 1. The van der Waals surface area contributed by atoms with Crippen LogP contribution in [0.5, 0.6) is 0 Å². The molecule has 0 spiro atoms. The number of hydrogen-bond acceptors (Lipinski definition) is 6. The van der Waals surface area contributed by atoms with Crippen LogP contribution < -0.4 is 5.32 Å². The Kier molecular flexibility index (Phi) is 9.19. The van der Waals surface area contributed by atoms with Crippen molar-refractivity contribution >= 4 is 35.8 Å². The third-order valence-corrected chi connectivity index (χ3v) is 3.79. The zero-order valence-electron chi connectivity index (χ0n) is 13.8. The number of rotatable bonds is 10. The lowest BCUT2D eigenvalue weighted by atomic mass is 10.1. The van der Waals surface area contributed by atoms with Crippen molar-refractivity contribution in [1.29, 1.82) is 0 Å². The second-order valence-electron chi connectivity index (χ2n) is 6.03. The molecule has 1 unspecified atom stereocenters. The van der Waals surface area contributed by atoms with Crippen molar-refractivity contribution in [1.82, 2.24) is 5.32 Å². The van der Waals surface area contributed by atoms with Gasteiger partial charge in [0.25, 0.3) is 0 Å². The summed E-state index contributed by atoms with van der Waals surface area (Å²) in [6, 6.07) is -1.17. The van der Waals surface area contributed by atoms with Gasteiger partial charge in [-0.2, -0.15) is 11.8 Å². The highest BCUT2D eigenvalue weighted by Crippen LogP contribution is 2.15. The van der Waals surface area contributed by atoms with Crippen LogP contribution in [0.1, 0.15) is 33.6 Å². The summed E-state index contributed by atoms with van der Waals surface area (Å²) in [4.78, 5) is 44.2. The molecule has 0 saturated heterocycles. The van der Waals surface area contributed by atoms with Gasteiger partial charge >= 0.3 is 24.0 Å². The molecule has 1 amide bonds. The normalized spacial score (nSPS) is 13.6. The Morgan fingerprint density at radius 1 is 1.08 bits per heavy atom. The van der Waals surface area contributed by atoms with Gasteiger partial charge in [0, 0.05) is 5.75 Å². The molecule has 4 N–H and O–H groups in total. The zero-order valence-corrected chi connectivity index (χ0v) is 14.6. The topological polar surface area (TPSA) is 150 Å². The number of amides is 1. The summed E-state index contributed by atoms with van der Waals surface area (Å²) in [6.07, 6.45) is -1.30. The third-order valence-electron chi connectivity index (χ3n) is 2.63. The second-order valence-corrected chi connectivity index (χ2v) is 7.18. The quantitative estimate of drug-likeness (QED) is 0.419. The minimum atomic E-state index is -1.23. The maximum atomic E-state index is 11.6. The van der Waals surface area contributed by atoms with Crippen LogP contribution in [0.15, 0.2) is 0 Å². The first-order valence-electron chi connectivity index (χ1n) is 7.17. The summed E-state index contributed by atoms with van der Waals surface area (Å²) in [5.74, 6) is -4.42. The largest absolute Gasteiger partial charge is 0.481 e. The number of aliphatic carboxylic acids is 3. The molecule has 0 saturated carbocycles. The first kappa shape index (κ1) is 22.0. The molecule has 138 valence electrons. The van der Waals surface area contributed by atoms with Crippen LogP contribution in [0.25, 0.3) is 0 Å². The number of nitrogens with one attached hydrogen (secondary N) is 1. The molecule has 0 aliphatic heterocycles. The summed E-state index contributed by atoms with van der Waals surface area (Å²) in [7, 11) is 0. The fourth-order valence-corrected chi connectivity index (χ4v) is 2.68. The molecule has 0 radical (unpaired) electrons. The van der Waals surface area contributed by atoms with Gasteiger partial charge in [-0.25, -0.2) is 9.59 Å². The van der Waals surface area contributed by atoms with E-state index in [0.29, 0.717) is 0 Å². The van der Waals surface area contributed by atoms with Crippen LogP contribution in [-0.4, -0.2) is 62.5 Å². The molecule has 0 rings (SSSR count). The highest BCUT2D eigenvalue weighted by Gasteiger charge is 2.25. The average Bonchev–Trinajstić information content (AvgIpc) is 2.37. The van der Waals surface area contributed by atoms with Crippen LogP contribution in [0.3, 0.4) is 0 Å². The minimum absolute atomic E-state index is 0.0421. The Balaban J connectivity index is 4.35. The van der Waals surface area contributed by atoms with E-state index in [1.165, 1.54) is 0 Å². The van der Waals surface area contributed by atoms with Crippen molar-refractivity contribution < 1.29 is 39.2 Å². The van der Waals surface area contributed by atoms with E-state index in [9.17, 15) is 19.2 Å². The predicted molar refractivity (Wildman–Crippen MR) is 86.1 cm³/mol. The number of carboxylic acids is 3. The van der Waals surface area contributed by atoms with E-state index >= 15 is 0 Å². The molecule has 0 aliphatic carbocycles. The summed E-state index contributed by atoms with van der Waals surface area (Å²) in [5, 5.41) is 28.8. The summed E-state index contributed by atoms with van der Waals surface area (Å²) in [6.45, 7) is 4.94. The first-order chi connectivity index (χ1) is 10.9. The van der Waals surface area contributed by atoms with Crippen LogP contribution in [0.4, 0.5) is 4.79 Å². The van der Waals surface area contributed by atoms with Crippen molar-refractivity contribution in [3.63, 3.8) is 0 Å². The average molecular weight is 365 g/mol. The molecule has 0 aromatic heterocycles. The molecule has 9 nitrogen and oxygen atoms in total. The molecular formula is C14H23NO8S. The van der Waals surface area contributed by atoms with Crippen LogP contribution >= 0.6 is 11.8 Å². The second kappa shape index (κ2) is 10.0. The molecule has 0 heterocycles. The van der Waals surface area contributed by atoms with E-state index in [0.717, 1.165) is 11.8 Å². The third kappa shape index (κ3) is 10.7. The highest BCUT2D eigenvalue weighted by molar-refractivity contribution is 7.99. The number of alkyl carbamates (subject to hydrolysis) is 1. The molecule has 10 heteroatoms. The molecule has 0 aromatic rings. The summed E-state index contributed by atoms with van der Waals surface area (Å²) in [5.41, 5.74) is -0.757. The van der Waals surface area contributed by atoms with Crippen LogP contribution in [0, 0.1) is 5.92 Å². The summed E-state index contributed by atoms with van der Waals surface area (Å²) >= 11 is 1.12. The SMILES string of the molecule is CC(C)(C)OC(=O)N[C@@H](CCSCC(CC(=O)O)C(=O)O)C(=O)O. The Morgan fingerprint density at radius 3 is 2.08 bits per heavy atom. The van der Waals surface area contributed by atoms with Crippen molar-refractivity contribution in [2.45, 2.75) is 45.3 Å². The minimum Gasteiger partial charge on any atom is -0.481 e. The van der Waals surface area contributed by atoms with Gasteiger partial charge in [0.1, 0.15) is 11.6 Å². The number of hydrogen-bond donors (Lipinski definition) is 4. The van der Waals surface area contributed by atoms with Crippen LogP contribution in [0.2, 0.25) is 0 Å². The standard InChI is InChI=1S/C14H23NO8S/c1-14(2,3)23-13(22)15-9(12(20)21)4-5-24-7-8(11(18)19)6-10(16)17/h8-9H,4-7H2,1-3H3,(H,15,22)(H,16,17)(H,18,19)(H,20,21)/t8?,9-/m0/s1. The van der Waals surface area contributed by atoms with E-state index in [4.69, 9.17) is 20.1 Å². The van der Waals surface area contributed by atoms with Gasteiger partial charge in [-0.1, -0.05) is 0 Å². The maximum absolute atomic E-state index is 11.6. The number of carbonyl (C=O) groups excluding carboxylic acids is 1. The highest BCUT2D eigenvalue weighted by atomic mass is 32.2. The zero-order chi connectivity index (χ0) is 18.9. The van der Waals surface area contributed by atoms with E-state index in [1.54, 1.807) is 20.8 Å². The Hall–Kier alpha value is -1.97. The Labute approximate surface area is 143 Å². The van der Waals surface area contributed by atoms with Gasteiger partial charge in [-0.3, -0.25) is 9.59 Å². The number of ether oxygens (including phenoxy) is 1. The number of carboxylic acid groups (broad SMARTS) is 3. The van der Waals surface area contributed by atoms with Gasteiger partial charge in [0.05, 0.1) is 12.3 Å². The fourth-order valence-electron chi connectivity index (χ4n) is 1.56. The number of carbonyl (C=O) groups is 4. The Morgan fingerprint density at radius 2 is 1.67 bits per heavy atom. The molecule has 0 bridgehead atoms. The van der Waals surface area contributed by atoms with Gasteiger partial charge in [0.2, 0.25) is 0 Å². The van der Waals surface area contributed by atoms with Gasteiger partial charge in [0.15, 0.2) is 0 Å². The summed E-state index contributed by atoms with van der Waals surface area (Å²) < 4.78 is 4.97. The van der Waals surface area contributed by atoms with Gasteiger partial charge in [-0.05, 0) is 32.9 Å². The molecular weight excluding hydrogens is 342 g/mol. The molecule has 0 aromatic carbocycles. The van der Waals surface area contributed by atoms with E-state index < -0.39 is 48.0 Å². The smallest absolute Gasteiger partial charge is 0.408 e. The fraction of sp³-hybridized carbons (Fsp3) is 0.714. The van der Waals surface area contributed by atoms with E-state index in [2.05, 4.69) is 5.32 Å². The molecule has 24 heavy (non-hydrogen) atoms. The van der Waals surface area contributed by atoms with E-state index in [-0.39, 0.29) is 17.9 Å². The van der Waals surface area contributed by atoms with E-state index in [1.807, 2.05) is 0 Å². The predicted octanol–water partition coefficient (Wildman–Crippen LogP) is 1.26. The van der Waals surface area contributed by atoms with Crippen molar-refractivity contribution in [3.05, 3.63) is 0 Å². The molecule has 0 fully saturated rings. The van der Waals surface area contributed by atoms with Crippen molar-refractivity contribution in [2.24, 2.45) is 5.92 Å². The van der Waals surface area contributed by atoms with Crippen molar-refractivity contribution in [2.75, 3.05) is 11.5 Å². The molecule has 0 aliphatic rings. The van der Waals surface area contributed by atoms with Crippen LogP contribution in [-0.2, 0) is 19.1 Å². The van der Waals surface area contributed by atoms with Crippen molar-refractivity contribution in [3.8, 4) is 0 Å². The molecule has 2 atom stereocenters. The lowest BCUT2D eigenvalue weighted by molar-refractivity contribution is -0.147. The Bertz CT molecular complexity index is 474. The van der Waals surface area contributed by atoms with Gasteiger partial charge in [-0.15, -0.1) is 0 Å². The first-order valence-corrected chi connectivity index (χ1v) is 8.32. The lowest BCUT2D eigenvalue weighted by Gasteiger charge is -2.22. The lowest BCUT2D eigenvalue weighted by Crippen LogP contribution is -2.43. The van der Waals surface area contributed by atoms with Gasteiger partial charge < -0.3 is 25.4 Å².